The molecule has 0 bridgehead atoms. The molecule has 3 nitrogen and oxygen atoms in total. The molecule has 1 aromatic rings. The molecule has 1 aromatic carbocycles. The van der Waals surface area contributed by atoms with Crippen LogP contribution in [0.15, 0.2) is 24.3 Å². The summed E-state index contributed by atoms with van der Waals surface area (Å²) in [5, 5.41) is 9.73. The molecular formula is C8H4K2O3S. The van der Waals surface area contributed by atoms with Crippen LogP contribution in [0, 0.1) is 0 Å². The molecule has 0 radical (unpaired) electrons. The molecule has 0 amide bonds. The Hall–Kier alpha value is 1.85. The monoisotopic (exact) mass is 258 g/mol. The molecule has 0 aliphatic rings. The third-order valence-corrected chi connectivity index (χ3v) is 1.59. The molecule has 62 valence electrons. The second-order valence-corrected chi connectivity index (χ2v) is 2.49. The number of aromatic carboxylic acids is 1. The first-order valence-electron chi connectivity index (χ1n) is 3.14. The van der Waals surface area contributed by atoms with Crippen molar-refractivity contribution in [1.82, 2.24) is 0 Å². The maximum absolute atomic E-state index is 10.7. The Morgan fingerprint density at radius 3 is 1.79 bits per heavy atom. The van der Waals surface area contributed by atoms with Crippen molar-refractivity contribution in [3.8, 4) is 0 Å². The summed E-state index contributed by atoms with van der Waals surface area (Å²) in [6.45, 7) is 0. The molecule has 14 heavy (non-hydrogen) atoms. The summed E-state index contributed by atoms with van der Waals surface area (Å²) >= 11 is 4.32. The number of hydrogen-bond acceptors (Lipinski definition) is 4. The van der Waals surface area contributed by atoms with Gasteiger partial charge in [-0.05, 0) is 0 Å². The summed E-state index contributed by atoms with van der Waals surface area (Å²) in [6, 6.07) is 5.70. The van der Waals surface area contributed by atoms with Crippen molar-refractivity contribution in [2.75, 3.05) is 0 Å². The average Bonchev–Trinajstić information content (AvgIpc) is 2.04. The Kier molecular flexibility index (Phi) is 11.6. The molecule has 0 atom stereocenters. The first-order chi connectivity index (χ1) is 5.63. The molecule has 0 spiro atoms. The molecule has 0 unspecified atom stereocenters. The van der Waals surface area contributed by atoms with E-state index in [2.05, 4.69) is 12.6 Å². The van der Waals surface area contributed by atoms with Crippen LogP contribution in [-0.2, 0) is 12.6 Å². The van der Waals surface area contributed by atoms with Crippen LogP contribution in [0.3, 0.4) is 0 Å². The van der Waals surface area contributed by atoms with Crippen LogP contribution in [-0.4, -0.2) is 11.1 Å². The van der Waals surface area contributed by atoms with E-state index in [1.54, 1.807) is 6.07 Å². The maximum atomic E-state index is 10.7. The molecule has 0 aliphatic carbocycles. The zero-order valence-corrected chi connectivity index (χ0v) is 15.0. The molecule has 0 aromatic heterocycles. The third-order valence-electron chi connectivity index (χ3n) is 1.37. The quantitative estimate of drug-likeness (QED) is 0.391. The normalized spacial score (nSPS) is 8.00. The van der Waals surface area contributed by atoms with Crippen LogP contribution in [0.25, 0.3) is 0 Å². The van der Waals surface area contributed by atoms with Gasteiger partial charge in [0.25, 0.3) is 0 Å². The minimum absolute atomic E-state index is 0. The van der Waals surface area contributed by atoms with Crippen LogP contribution in [0.5, 0.6) is 0 Å². The second-order valence-electron chi connectivity index (χ2n) is 2.12. The maximum Gasteiger partial charge on any atom is 1.00 e. The molecule has 6 heteroatoms. The molecule has 0 fully saturated rings. The summed E-state index contributed by atoms with van der Waals surface area (Å²) in [6.07, 6.45) is 0. The summed E-state index contributed by atoms with van der Waals surface area (Å²) in [4.78, 5) is 21.1. The van der Waals surface area contributed by atoms with Crippen molar-refractivity contribution < 1.29 is 117 Å². The van der Waals surface area contributed by atoms with Gasteiger partial charge in [-0.25, -0.2) is 0 Å². The van der Waals surface area contributed by atoms with Gasteiger partial charge < -0.3 is 27.3 Å². The fourth-order valence-corrected chi connectivity index (χ4v) is 1.02. The third kappa shape index (κ3) is 5.26. The van der Waals surface area contributed by atoms with Crippen LogP contribution in [0.4, 0.5) is 0 Å². The predicted molar refractivity (Wildman–Crippen MR) is 42.5 cm³/mol. The predicted octanol–water partition coefficient (Wildman–Crippen LogP) is -6.25. The van der Waals surface area contributed by atoms with E-state index in [0.29, 0.717) is 0 Å². The Morgan fingerprint density at radius 2 is 1.50 bits per heavy atom. The van der Waals surface area contributed by atoms with Crippen molar-refractivity contribution in [3.05, 3.63) is 35.4 Å². The summed E-state index contributed by atoms with van der Waals surface area (Å²) in [5.74, 6) is -1.39. The fourth-order valence-electron chi connectivity index (χ4n) is 0.839. The van der Waals surface area contributed by atoms with Gasteiger partial charge in [-0.3, -0.25) is 0 Å². The standard InChI is InChI=1S/C8H6O3S.2K/c9-7(10)5-3-1-2-4-6(5)8(11)12;;/h1-4H,(H,9,10)(H,11,12);;/q;2*+1/p-2. The molecule has 0 aliphatic heterocycles. The van der Waals surface area contributed by atoms with E-state index in [9.17, 15) is 14.7 Å². The van der Waals surface area contributed by atoms with Crippen LogP contribution in [0.1, 0.15) is 20.7 Å². The van der Waals surface area contributed by atoms with E-state index in [-0.39, 0.29) is 114 Å². The number of carboxylic acid groups (broad SMARTS) is 1. The average molecular weight is 258 g/mol. The van der Waals surface area contributed by atoms with Crippen molar-refractivity contribution in [1.29, 1.82) is 0 Å². The van der Waals surface area contributed by atoms with Crippen molar-refractivity contribution in [2.24, 2.45) is 0 Å². The smallest absolute Gasteiger partial charge is 0.737 e. The Labute approximate surface area is 172 Å². The van der Waals surface area contributed by atoms with Gasteiger partial charge in [0.1, 0.15) is 0 Å². The van der Waals surface area contributed by atoms with Crippen LogP contribution in [0.2, 0.25) is 0 Å². The zero-order chi connectivity index (χ0) is 9.14. The Morgan fingerprint density at radius 1 is 1.07 bits per heavy atom. The van der Waals surface area contributed by atoms with E-state index in [4.69, 9.17) is 0 Å². The minimum Gasteiger partial charge on any atom is -0.737 e. The van der Waals surface area contributed by atoms with Crippen molar-refractivity contribution >= 4 is 23.7 Å². The summed E-state index contributed by atoms with van der Waals surface area (Å²) in [7, 11) is 0. The Balaban J connectivity index is 0. The van der Waals surface area contributed by atoms with Gasteiger partial charge in [-0.1, -0.05) is 24.3 Å². The van der Waals surface area contributed by atoms with Gasteiger partial charge in [0.05, 0.1) is 5.97 Å². The van der Waals surface area contributed by atoms with Crippen LogP contribution >= 0.6 is 0 Å². The minimum atomic E-state index is -1.39. The number of carboxylic acids is 1. The molecular weight excluding hydrogens is 254 g/mol. The zero-order valence-electron chi connectivity index (χ0n) is 7.94. The first kappa shape index (κ1) is 18.2. The molecule has 0 heterocycles. The van der Waals surface area contributed by atoms with Gasteiger partial charge >= 0.3 is 103 Å². The number of hydrogen-bond donors (Lipinski definition) is 0. The summed E-state index contributed by atoms with van der Waals surface area (Å²) < 4.78 is 0. The van der Waals surface area contributed by atoms with E-state index in [1.165, 1.54) is 18.2 Å². The molecule has 1 rings (SSSR count). The number of carbonyl (C=O) groups excluding carboxylic acids is 2. The van der Waals surface area contributed by atoms with Crippen molar-refractivity contribution in [2.45, 2.75) is 0 Å². The van der Waals surface area contributed by atoms with Gasteiger partial charge in [-0.15, -0.1) is 0 Å². The van der Waals surface area contributed by atoms with Gasteiger partial charge in [0.15, 0.2) is 0 Å². The van der Waals surface area contributed by atoms with Gasteiger partial charge in [-0.2, -0.15) is 0 Å². The molecule has 0 saturated heterocycles. The molecule has 0 N–H and O–H groups in total. The number of benzene rings is 1. The first-order valence-corrected chi connectivity index (χ1v) is 3.55. The molecule has 0 saturated carbocycles. The SMILES string of the molecule is O=C([O-])c1ccccc1C(=O)[S-].[K+].[K+]. The van der Waals surface area contributed by atoms with E-state index < -0.39 is 11.1 Å². The number of carbonyl (C=O) groups is 2. The van der Waals surface area contributed by atoms with E-state index >= 15 is 0 Å². The summed E-state index contributed by atoms with van der Waals surface area (Å²) in [5.41, 5.74) is -0.148. The fraction of sp³-hybridized carbons (Fsp3) is 0. The van der Waals surface area contributed by atoms with Gasteiger partial charge in [0, 0.05) is 16.2 Å². The van der Waals surface area contributed by atoms with Crippen molar-refractivity contribution in [3.63, 3.8) is 0 Å². The Bertz CT molecular complexity index is 308. The van der Waals surface area contributed by atoms with E-state index in [0.717, 1.165) is 0 Å². The van der Waals surface area contributed by atoms with E-state index in [1.807, 2.05) is 0 Å². The van der Waals surface area contributed by atoms with Gasteiger partial charge in [0.2, 0.25) is 0 Å². The largest absolute Gasteiger partial charge is 1.00 e. The topological polar surface area (TPSA) is 57.2 Å². The number of rotatable bonds is 2. The second kappa shape index (κ2) is 8.94. The van der Waals surface area contributed by atoms with Crippen LogP contribution < -0.4 is 108 Å².